The molecule has 0 unspecified atom stereocenters. The fourth-order valence-corrected chi connectivity index (χ4v) is 0. The van der Waals surface area contributed by atoms with Gasteiger partial charge in [0.25, 0.3) is 0 Å². The van der Waals surface area contributed by atoms with E-state index in [9.17, 15) is 0 Å². The van der Waals surface area contributed by atoms with Gasteiger partial charge in [-0.1, -0.05) is 0 Å². The minimum atomic E-state index is 0. The molecule has 4 heavy (non-hydrogen) atoms. The topological polar surface area (TPSA) is 0 Å². The summed E-state index contributed by atoms with van der Waals surface area (Å²) in [4.78, 5) is 0. The molecule has 0 rings (SSSR count). The van der Waals surface area contributed by atoms with Crippen molar-refractivity contribution in [2.45, 2.75) is 0 Å². The molecule has 4 radical (unpaired) electrons. The molecule has 0 N–H and O–H groups in total. The van der Waals surface area contributed by atoms with Crippen LogP contribution in [0.4, 0.5) is 0 Å². The van der Waals surface area contributed by atoms with Crippen molar-refractivity contribution < 1.29 is 46.8 Å². The van der Waals surface area contributed by atoms with Gasteiger partial charge in [-0.2, -0.15) is 0 Å². The summed E-state index contributed by atoms with van der Waals surface area (Å²) in [6.07, 6.45) is 0. The summed E-state index contributed by atoms with van der Waals surface area (Å²) in [6, 6.07) is 0. The molecular weight excluding hydrogens is 504 g/mol. The van der Waals surface area contributed by atoms with E-state index in [0.29, 0.717) is 0 Å². The molecule has 0 aromatic heterocycles. The van der Waals surface area contributed by atoms with E-state index in [-0.39, 0.29) is 98.0 Å². The Bertz CT molecular complexity index is 8.00. The van der Waals surface area contributed by atoms with Crippen LogP contribution in [0.5, 0.6) is 0 Å². The maximum Gasteiger partial charge on any atom is 0 e. The fourth-order valence-electron chi connectivity index (χ4n) is 0. The van der Waals surface area contributed by atoms with E-state index >= 15 is 0 Å². The summed E-state index contributed by atoms with van der Waals surface area (Å²) >= 11 is 0. The van der Waals surface area contributed by atoms with Crippen LogP contribution < -0.4 is 0 Å². The summed E-state index contributed by atoms with van der Waals surface area (Å²) in [7, 11) is 0. The molecule has 0 aliphatic carbocycles. The van der Waals surface area contributed by atoms with Crippen LogP contribution in [0.3, 0.4) is 0 Å². The van der Waals surface area contributed by atoms with E-state index in [0.717, 1.165) is 0 Å². The molecule has 0 bridgehead atoms. The van der Waals surface area contributed by atoms with Crippen molar-refractivity contribution in [1.82, 2.24) is 0 Å². The number of rotatable bonds is 0. The molecule has 0 amide bonds. The minimum Gasteiger partial charge on any atom is 0 e. The summed E-state index contributed by atoms with van der Waals surface area (Å²) in [5, 5.41) is 0. The third kappa shape index (κ3) is 8.98. The van der Waals surface area contributed by atoms with Gasteiger partial charge in [0.2, 0.25) is 0 Å². The van der Waals surface area contributed by atoms with Gasteiger partial charge in [0.1, 0.15) is 0 Å². The standard InChI is InChI=1S/Cd.Pb.Sn.Zn.4H. The van der Waals surface area contributed by atoms with Crippen LogP contribution in [0.1, 0.15) is 0 Å². The SMILES string of the molecule is [Cd].[PbH2].[SnH2].[Zn]. The predicted molar refractivity (Wildman–Crippen MR) is 17.1 cm³/mol. The number of hydrogen-bond donors (Lipinski definition) is 0. The van der Waals surface area contributed by atoms with E-state index in [1.807, 2.05) is 0 Å². The van der Waals surface area contributed by atoms with Crippen molar-refractivity contribution >= 4 is 51.2 Å². The van der Waals surface area contributed by atoms with E-state index < -0.39 is 0 Å². The van der Waals surface area contributed by atoms with Crippen molar-refractivity contribution in [1.29, 1.82) is 0 Å². The molecular formula is H4CdPbSnZn. The van der Waals surface area contributed by atoms with Gasteiger partial charge in [-0.15, -0.1) is 0 Å². The predicted octanol–water partition coefficient (Wildman–Crippen LogP) is -1.84. The minimum absolute atomic E-state index is 0. The molecule has 0 heterocycles. The average Bonchev–Trinajstić information content (AvgIpc) is 0. The Morgan fingerprint density at radius 2 is 1.00 bits per heavy atom. The van der Waals surface area contributed by atoms with Gasteiger partial charge in [0.15, 0.2) is 0 Å². The Balaban J connectivity index is 0. The first-order valence-corrected chi connectivity index (χ1v) is 0. The van der Waals surface area contributed by atoms with Crippen molar-refractivity contribution in [2.24, 2.45) is 0 Å². The zero-order chi connectivity index (χ0) is 0. The summed E-state index contributed by atoms with van der Waals surface area (Å²) in [5.41, 5.74) is 0. The van der Waals surface area contributed by atoms with Crippen LogP contribution in [0.15, 0.2) is 0 Å². The van der Waals surface area contributed by atoms with Crippen molar-refractivity contribution in [3.05, 3.63) is 0 Å². The Kier molecular flexibility index (Phi) is 109. The van der Waals surface area contributed by atoms with Gasteiger partial charge in [-0.25, -0.2) is 0 Å². The molecule has 0 atom stereocenters. The Morgan fingerprint density at radius 3 is 1.00 bits per heavy atom. The van der Waals surface area contributed by atoms with Gasteiger partial charge >= 0.3 is 51.2 Å². The molecule has 0 saturated carbocycles. The first kappa shape index (κ1) is 26.7. The molecule has 0 saturated heterocycles. The summed E-state index contributed by atoms with van der Waals surface area (Å²) in [5.74, 6) is 0. The smallest absolute Gasteiger partial charge is 0 e. The quantitative estimate of drug-likeness (QED) is 0.338. The zero-order valence-corrected chi connectivity index (χ0v) is 19.4. The third-order valence-corrected chi connectivity index (χ3v) is 0. The van der Waals surface area contributed by atoms with Crippen LogP contribution in [-0.4, -0.2) is 51.2 Å². The van der Waals surface area contributed by atoms with Gasteiger partial charge in [0, 0.05) is 46.8 Å². The zero-order valence-electron chi connectivity index (χ0n) is 2.83. The Labute approximate surface area is 95.9 Å². The van der Waals surface area contributed by atoms with E-state index in [1.165, 1.54) is 0 Å². The van der Waals surface area contributed by atoms with Crippen LogP contribution in [0, 0.1) is 0 Å². The summed E-state index contributed by atoms with van der Waals surface area (Å²) in [6.45, 7) is 0. The fraction of sp³-hybridized carbons (Fsp3) is 0. The second kappa shape index (κ2) is 16.3. The molecule has 0 aromatic rings. The normalized spacial score (nSPS) is 0. The monoisotopic (exact) mass is 510 g/mol. The summed E-state index contributed by atoms with van der Waals surface area (Å²) < 4.78 is 0. The molecule has 4 heteroatoms. The van der Waals surface area contributed by atoms with Crippen molar-refractivity contribution in [2.75, 3.05) is 0 Å². The van der Waals surface area contributed by atoms with E-state index in [4.69, 9.17) is 0 Å². The number of hydrogen-bond acceptors (Lipinski definition) is 0. The van der Waals surface area contributed by atoms with Crippen molar-refractivity contribution in [3.63, 3.8) is 0 Å². The van der Waals surface area contributed by atoms with Gasteiger partial charge in [0.05, 0.1) is 0 Å². The van der Waals surface area contributed by atoms with E-state index in [2.05, 4.69) is 0 Å². The average molecular weight is 508 g/mol. The first-order valence-electron chi connectivity index (χ1n) is 0. The molecule has 0 spiro atoms. The third-order valence-electron chi connectivity index (χ3n) is 0. The van der Waals surface area contributed by atoms with Gasteiger partial charge in [-0.05, 0) is 0 Å². The maximum absolute atomic E-state index is 0. The molecule has 0 aromatic carbocycles. The molecule has 0 aliphatic rings. The molecule has 16 valence electrons. The molecule has 0 nitrogen and oxygen atoms in total. The van der Waals surface area contributed by atoms with Gasteiger partial charge < -0.3 is 0 Å². The van der Waals surface area contributed by atoms with Gasteiger partial charge in [-0.3, -0.25) is 0 Å². The Morgan fingerprint density at radius 1 is 1.00 bits per heavy atom. The van der Waals surface area contributed by atoms with Crippen LogP contribution in [-0.2, 0) is 46.8 Å². The first-order chi connectivity index (χ1) is 0. The Hall–Kier alpha value is 3.27. The second-order valence-electron chi connectivity index (χ2n) is 0. The maximum atomic E-state index is 0. The molecule has 0 aliphatic heterocycles. The van der Waals surface area contributed by atoms with Crippen LogP contribution >= 0.6 is 0 Å². The van der Waals surface area contributed by atoms with Crippen LogP contribution in [0.2, 0.25) is 0 Å². The van der Waals surface area contributed by atoms with Crippen LogP contribution in [0.25, 0.3) is 0 Å². The molecule has 0 fully saturated rings. The van der Waals surface area contributed by atoms with Crippen molar-refractivity contribution in [3.8, 4) is 0 Å². The largest absolute Gasteiger partial charge is 0 e. The second-order valence-corrected chi connectivity index (χ2v) is 0. The van der Waals surface area contributed by atoms with E-state index in [1.54, 1.807) is 0 Å².